The quantitative estimate of drug-likeness (QED) is 0.371. The molecule has 29 heavy (non-hydrogen) atoms. The van der Waals surface area contributed by atoms with E-state index in [4.69, 9.17) is 10.6 Å². The van der Waals surface area contributed by atoms with E-state index >= 15 is 0 Å². The third kappa shape index (κ3) is 6.25. The normalized spacial score (nSPS) is 13.8. The smallest absolute Gasteiger partial charge is 0.230 e. The van der Waals surface area contributed by atoms with Crippen LogP contribution in [0.4, 0.5) is 0 Å². The van der Waals surface area contributed by atoms with E-state index < -0.39 is 0 Å². The largest absolute Gasteiger partial charge is 0.485 e. The summed E-state index contributed by atoms with van der Waals surface area (Å²) in [6, 6.07) is 6.00. The van der Waals surface area contributed by atoms with E-state index in [1.165, 1.54) is 46.8 Å². The van der Waals surface area contributed by atoms with Gasteiger partial charge < -0.3 is 15.9 Å². The Hall–Kier alpha value is -2.48. The number of thioether (sulfide) groups is 1. The molecule has 3 rings (SSSR count). The van der Waals surface area contributed by atoms with Gasteiger partial charge in [0, 0.05) is 6.54 Å². The molecule has 1 heterocycles. The average molecular weight is 416 g/mol. The maximum absolute atomic E-state index is 12.1. The van der Waals surface area contributed by atoms with Crippen LogP contribution in [-0.4, -0.2) is 33.1 Å². The van der Waals surface area contributed by atoms with E-state index in [9.17, 15) is 4.79 Å². The van der Waals surface area contributed by atoms with E-state index in [-0.39, 0.29) is 18.3 Å². The van der Waals surface area contributed by atoms with Crippen LogP contribution in [0.1, 0.15) is 49.1 Å². The summed E-state index contributed by atoms with van der Waals surface area (Å²) >= 11 is 1.27. The molecule has 1 aromatic carbocycles. The molecule has 1 aromatic heterocycles. The Labute approximate surface area is 176 Å². The summed E-state index contributed by atoms with van der Waals surface area (Å²) in [4.78, 5) is 12.1. The zero-order chi connectivity index (χ0) is 20.6. The highest BCUT2D eigenvalue weighted by Gasteiger charge is 2.13. The zero-order valence-corrected chi connectivity index (χ0v) is 17.9. The molecule has 2 aromatic rings. The summed E-state index contributed by atoms with van der Waals surface area (Å²) in [6.45, 7) is 4.94. The average Bonchev–Trinajstić information content (AvgIpc) is 3.06. The highest BCUT2D eigenvalue weighted by Crippen LogP contribution is 2.21. The van der Waals surface area contributed by atoms with Crippen molar-refractivity contribution in [3.05, 3.63) is 46.8 Å². The second-order valence-electron chi connectivity index (χ2n) is 7.32. The number of carbonyl (C=O) groups excluding carboxylic acids is 1. The van der Waals surface area contributed by atoms with Gasteiger partial charge in [0.2, 0.25) is 11.1 Å². The minimum absolute atomic E-state index is 0.0255. The fourth-order valence-corrected chi connectivity index (χ4v) is 3.99. The van der Waals surface area contributed by atoms with E-state index in [0.717, 1.165) is 24.2 Å². The maximum Gasteiger partial charge on any atom is 0.230 e. The van der Waals surface area contributed by atoms with Crippen LogP contribution in [0, 0.1) is 13.8 Å². The lowest BCUT2D eigenvalue weighted by Crippen LogP contribution is -2.27. The molecule has 1 aliphatic rings. The van der Waals surface area contributed by atoms with E-state index in [0.29, 0.717) is 17.5 Å². The third-order valence-corrected chi connectivity index (χ3v) is 5.85. The summed E-state index contributed by atoms with van der Waals surface area (Å²) < 4.78 is 7.19. The first-order chi connectivity index (χ1) is 14.0. The molecule has 0 aliphatic heterocycles. The highest BCUT2D eigenvalue weighted by molar-refractivity contribution is 7.99. The second-order valence-corrected chi connectivity index (χ2v) is 8.27. The Balaban J connectivity index is 1.42. The van der Waals surface area contributed by atoms with Gasteiger partial charge in [-0.05, 0) is 57.6 Å². The van der Waals surface area contributed by atoms with E-state index in [1.54, 1.807) is 0 Å². The summed E-state index contributed by atoms with van der Waals surface area (Å²) in [5.41, 5.74) is 3.70. The lowest BCUT2D eigenvalue weighted by atomic mass is 9.97. The van der Waals surface area contributed by atoms with Crippen molar-refractivity contribution in [2.45, 2.75) is 57.7 Å². The number of amides is 1. The topological polar surface area (TPSA) is 95.1 Å². The molecular formula is C21H29N5O2S. The number of aromatic nitrogens is 3. The van der Waals surface area contributed by atoms with Crippen LogP contribution in [0.25, 0.3) is 0 Å². The molecule has 0 spiro atoms. The number of benzene rings is 1. The first kappa shape index (κ1) is 21.2. The van der Waals surface area contributed by atoms with Gasteiger partial charge in [-0.3, -0.25) is 4.79 Å². The molecule has 3 N–H and O–H groups in total. The monoisotopic (exact) mass is 415 g/mol. The summed E-state index contributed by atoms with van der Waals surface area (Å²) in [5.74, 6) is 7.60. The van der Waals surface area contributed by atoms with E-state index in [2.05, 4.69) is 27.7 Å². The van der Waals surface area contributed by atoms with Gasteiger partial charge in [-0.2, -0.15) is 0 Å². The minimum Gasteiger partial charge on any atom is -0.485 e. The van der Waals surface area contributed by atoms with Crippen LogP contribution >= 0.6 is 11.8 Å². The Morgan fingerprint density at radius 3 is 2.93 bits per heavy atom. The number of rotatable bonds is 9. The van der Waals surface area contributed by atoms with Crippen LogP contribution in [0.3, 0.4) is 0 Å². The fourth-order valence-electron chi connectivity index (χ4n) is 3.28. The molecule has 0 fully saturated rings. The number of nitrogens with two attached hydrogens (primary N) is 1. The molecule has 1 aliphatic carbocycles. The predicted octanol–water partition coefficient (Wildman–Crippen LogP) is 3.29. The molecule has 0 unspecified atom stereocenters. The number of nitrogens with one attached hydrogen (secondary N) is 1. The van der Waals surface area contributed by atoms with Crippen molar-refractivity contribution in [3.8, 4) is 5.75 Å². The van der Waals surface area contributed by atoms with Crippen LogP contribution in [0.15, 0.2) is 35.0 Å². The van der Waals surface area contributed by atoms with Gasteiger partial charge in [0.15, 0.2) is 5.82 Å². The number of allylic oxidation sites excluding steroid dienone is 1. The number of aryl methyl sites for hydroxylation is 2. The molecular weight excluding hydrogens is 386 g/mol. The van der Waals surface area contributed by atoms with Gasteiger partial charge in [-0.25, -0.2) is 4.68 Å². The van der Waals surface area contributed by atoms with Gasteiger partial charge in [0.05, 0.1) is 5.75 Å². The molecule has 0 saturated heterocycles. The third-order valence-electron chi connectivity index (χ3n) is 4.91. The van der Waals surface area contributed by atoms with Crippen LogP contribution in [0.5, 0.6) is 5.75 Å². The maximum atomic E-state index is 12.1. The molecule has 7 nitrogen and oxygen atoms in total. The lowest BCUT2D eigenvalue weighted by Gasteiger charge is -2.12. The summed E-state index contributed by atoms with van der Waals surface area (Å²) in [5, 5.41) is 11.6. The standard InChI is InChI=1S/C21H29N5O2S/c1-15-8-9-18(16(2)12-15)28-13-19-24-25-21(26(19)22)29-14-20(27)23-11-10-17-6-4-3-5-7-17/h6,8-9,12H,3-5,7,10-11,13-14,22H2,1-2H3,(H,23,27). The molecule has 156 valence electrons. The highest BCUT2D eigenvalue weighted by atomic mass is 32.2. The van der Waals surface area contributed by atoms with Crippen LogP contribution in [-0.2, 0) is 11.4 Å². The molecule has 0 atom stereocenters. The van der Waals surface area contributed by atoms with Crippen molar-refractivity contribution in [1.82, 2.24) is 20.2 Å². The summed E-state index contributed by atoms with van der Waals surface area (Å²) in [6.07, 6.45) is 8.11. The van der Waals surface area contributed by atoms with Crippen molar-refractivity contribution < 1.29 is 9.53 Å². The Kier molecular flexibility index (Phi) is 7.57. The number of carbonyl (C=O) groups is 1. The van der Waals surface area contributed by atoms with Gasteiger partial charge in [0.25, 0.3) is 0 Å². The lowest BCUT2D eigenvalue weighted by molar-refractivity contribution is -0.118. The number of hydrogen-bond donors (Lipinski definition) is 2. The Morgan fingerprint density at radius 1 is 1.31 bits per heavy atom. The number of nitrogen functional groups attached to an aromatic ring is 1. The van der Waals surface area contributed by atoms with Crippen molar-refractivity contribution in [2.75, 3.05) is 18.1 Å². The first-order valence-corrected chi connectivity index (χ1v) is 11.0. The van der Waals surface area contributed by atoms with Crippen LogP contribution < -0.4 is 15.9 Å². The van der Waals surface area contributed by atoms with Crippen molar-refractivity contribution >= 4 is 17.7 Å². The van der Waals surface area contributed by atoms with Crippen LogP contribution in [0.2, 0.25) is 0 Å². The molecule has 0 bridgehead atoms. The van der Waals surface area contributed by atoms with E-state index in [1.807, 2.05) is 26.0 Å². The predicted molar refractivity (Wildman–Crippen MR) is 115 cm³/mol. The van der Waals surface area contributed by atoms with Gasteiger partial charge in [-0.15, -0.1) is 10.2 Å². The van der Waals surface area contributed by atoms with Gasteiger partial charge in [0.1, 0.15) is 12.4 Å². The Morgan fingerprint density at radius 2 is 2.17 bits per heavy atom. The SMILES string of the molecule is Cc1ccc(OCc2nnc(SCC(=O)NCCC3=CCCCC3)n2N)c(C)c1. The van der Waals surface area contributed by atoms with Crippen molar-refractivity contribution in [1.29, 1.82) is 0 Å². The Bertz CT molecular complexity index is 878. The number of ether oxygens (including phenoxy) is 1. The minimum atomic E-state index is -0.0255. The number of hydrogen-bond acceptors (Lipinski definition) is 6. The fraction of sp³-hybridized carbons (Fsp3) is 0.476. The van der Waals surface area contributed by atoms with Crippen molar-refractivity contribution in [2.24, 2.45) is 0 Å². The molecule has 0 radical (unpaired) electrons. The molecule has 8 heteroatoms. The molecule has 0 saturated carbocycles. The zero-order valence-electron chi connectivity index (χ0n) is 17.1. The second kappa shape index (κ2) is 10.3. The van der Waals surface area contributed by atoms with Crippen molar-refractivity contribution in [3.63, 3.8) is 0 Å². The number of nitrogens with zero attached hydrogens (tertiary/aromatic N) is 3. The first-order valence-electron chi connectivity index (χ1n) is 10.00. The molecule has 1 amide bonds. The summed E-state index contributed by atoms with van der Waals surface area (Å²) in [7, 11) is 0. The van der Waals surface area contributed by atoms with Gasteiger partial charge >= 0.3 is 0 Å². The van der Waals surface area contributed by atoms with Gasteiger partial charge in [-0.1, -0.05) is 41.1 Å².